The lowest BCUT2D eigenvalue weighted by atomic mass is 10.0. The van der Waals surface area contributed by atoms with Crippen molar-refractivity contribution >= 4 is 11.8 Å². The van der Waals surface area contributed by atoms with Crippen LogP contribution in [0.4, 0.5) is 4.39 Å². The summed E-state index contributed by atoms with van der Waals surface area (Å²) in [6.07, 6.45) is 0.246. The SMILES string of the molecule is CCC(=O)N(Cc1ccc(F)cc1)C(C(=O)NCc1ccc(OC)cc1)c1ccccc1. The Balaban J connectivity index is 1.86. The Hall–Kier alpha value is -3.67. The van der Waals surface area contributed by atoms with E-state index in [2.05, 4.69) is 5.32 Å². The van der Waals surface area contributed by atoms with Crippen LogP contribution in [0.1, 0.15) is 36.1 Å². The molecule has 2 amide bonds. The Kier molecular flexibility index (Phi) is 7.97. The van der Waals surface area contributed by atoms with E-state index < -0.39 is 6.04 Å². The monoisotopic (exact) mass is 434 g/mol. The fourth-order valence-corrected chi connectivity index (χ4v) is 3.45. The first-order valence-electron chi connectivity index (χ1n) is 10.5. The number of methoxy groups -OCH3 is 1. The van der Waals surface area contributed by atoms with Crippen LogP contribution in [0.2, 0.25) is 0 Å². The van der Waals surface area contributed by atoms with Crippen LogP contribution in [0.5, 0.6) is 5.75 Å². The van der Waals surface area contributed by atoms with Crippen molar-refractivity contribution in [2.75, 3.05) is 7.11 Å². The van der Waals surface area contributed by atoms with Crippen molar-refractivity contribution in [3.63, 3.8) is 0 Å². The summed E-state index contributed by atoms with van der Waals surface area (Å²) in [7, 11) is 1.60. The molecular weight excluding hydrogens is 407 g/mol. The van der Waals surface area contributed by atoms with E-state index in [9.17, 15) is 14.0 Å². The third-order valence-electron chi connectivity index (χ3n) is 5.19. The highest BCUT2D eigenvalue weighted by molar-refractivity contribution is 5.88. The van der Waals surface area contributed by atoms with Gasteiger partial charge in [-0.25, -0.2) is 4.39 Å². The third-order valence-corrected chi connectivity index (χ3v) is 5.19. The average Bonchev–Trinajstić information content (AvgIpc) is 2.84. The standard InChI is InChI=1S/C26H27FN2O3/c1-3-24(30)29(18-20-9-13-22(27)14-10-20)25(21-7-5-4-6-8-21)26(31)28-17-19-11-15-23(32-2)16-12-19/h4-16,25H,3,17-18H2,1-2H3,(H,28,31). The molecule has 3 aromatic rings. The van der Waals surface area contributed by atoms with E-state index in [0.717, 1.165) is 16.9 Å². The molecule has 3 rings (SSSR count). The van der Waals surface area contributed by atoms with Crippen LogP contribution in [0.15, 0.2) is 78.9 Å². The minimum absolute atomic E-state index is 0.164. The summed E-state index contributed by atoms with van der Waals surface area (Å²) in [6, 6.07) is 21.8. The fraction of sp³-hybridized carbons (Fsp3) is 0.231. The molecule has 0 aliphatic heterocycles. The first-order valence-corrected chi connectivity index (χ1v) is 10.5. The van der Waals surface area contributed by atoms with Crippen LogP contribution < -0.4 is 10.1 Å². The predicted octanol–water partition coefficient (Wildman–Crippen LogP) is 4.63. The second-order valence-electron chi connectivity index (χ2n) is 7.38. The summed E-state index contributed by atoms with van der Waals surface area (Å²) in [5.74, 6) is -0.0566. The summed E-state index contributed by atoms with van der Waals surface area (Å²) in [5.41, 5.74) is 2.37. The molecule has 1 N–H and O–H groups in total. The molecule has 3 aromatic carbocycles. The van der Waals surface area contributed by atoms with E-state index in [-0.39, 0.29) is 30.6 Å². The molecule has 1 unspecified atom stereocenters. The fourth-order valence-electron chi connectivity index (χ4n) is 3.45. The van der Waals surface area contributed by atoms with Gasteiger partial charge in [-0.15, -0.1) is 0 Å². The molecule has 1 atom stereocenters. The molecule has 0 aromatic heterocycles. The van der Waals surface area contributed by atoms with Gasteiger partial charge in [-0.3, -0.25) is 9.59 Å². The maximum atomic E-state index is 13.4. The largest absolute Gasteiger partial charge is 0.497 e. The summed E-state index contributed by atoms with van der Waals surface area (Å²) in [6.45, 7) is 2.27. The molecule has 0 heterocycles. The van der Waals surface area contributed by atoms with Crippen LogP contribution in [0, 0.1) is 5.82 Å². The molecule has 0 bridgehead atoms. The van der Waals surface area contributed by atoms with Gasteiger partial charge < -0.3 is 15.0 Å². The van der Waals surface area contributed by atoms with Gasteiger partial charge in [-0.1, -0.05) is 61.5 Å². The smallest absolute Gasteiger partial charge is 0.247 e. The minimum Gasteiger partial charge on any atom is -0.497 e. The van der Waals surface area contributed by atoms with Crippen molar-refractivity contribution in [2.24, 2.45) is 0 Å². The van der Waals surface area contributed by atoms with Crippen molar-refractivity contribution in [1.29, 1.82) is 0 Å². The summed E-state index contributed by atoms with van der Waals surface area (Å²) < 4.78 is 18.5. The molecule has 0 spiro atoms. The van der Waals surface area contributed by atoms with Crippen molar-refractivity contribution in [2.45, 2.75) is 32.5 Å². The van der Waals surface area contributed by atoms with Gasteiger partial charge in [-0.2, -0.15) is 0 Å². The summed E-state index contributed by atoms with van der Waals surface area (Å²) in [4.78, 5) is 27.8. The Labute approximate surface area is 187 Å². The Bertz CT molecular complexity index is 1020. The number of amides is 2. The molecule has 6 heteroatoms. The van der Waals surface area contributed by atoms with E-state index in [1.54, 1.807) is 31.1 Å². The van der Waals surface area contributed by atoms with Gasteiger partial charge in [0.1, 0.15) is 17.6 Å². The van der Waals surface area contributed by atoms with Gasteiger partial charge in [0.05, 0.1) is 7.11 Å². The summed E-state index contributed by atoms with van der Waals surface area (Å²) >= 11 is 0. The lowest BCUT2D eigenvalue weighted by molar-refractivity contribution is -0.141. The number of halogens is 1. The second kappa shape index (κ2) is 11.1. The van der Waals surface area contributed by atoms with Gasteiger partial charge in [0.25, 0.3) is 0 Å². The van der Waals surface area contributed by atoms with Gasteiger partial charge in [0, 0.05) is 19.5 Å². The number of benzene rings is 3. The van der Waals surface area contributed by atoms with Crippen molar-refractivity contribution in [3.8, 4) is 5.75 Å². The molecular formula is C26H27FN2O3. The zero-order valence-corrected chi connectivity index (χ0v) is 18.3. The minimum atomic E-state index is -0.813. The van der Waals surface area contributed by atoms with E-state index in [4.69, 9.17) is 4.74 Å². The molecule has 0 aliphatic rings. The highest BCUT2D eigenvalue weighted by Gasteiger charge is 2.30. The number of hydrogen-bond acceptors (Lipinski definition) is 3. The lowest BCUT2D eigenvalue weighted by Gasteiger charge is -2.31. The highest BCUT2D eigenvalue weighted by atomic mass is 19.1. The Morgan fingerprint density at radius 2 is 1.56 bits per heavy atom. The van der Waals surface area contributed by atoms with Crippen LogP contribution in [-0.4, -0.2) is 23.8 Å². The highest BCUT2D eigenvalue weighted by Crippen LogP contribution is 2.25. The maximum absolute atomic E-state index is 13.4. The van der Waals surface area contributed by atoms with Crippen molar-refractivity contribution < 1.29 is 18.7 Å². The van der Waals surface area contributed by atoms with Crippen LogP contribution in [0.25, 0.3) is 0 Å². The second-order valence-corrected chi connectivity index (χ2v) is 7.38. The zero-order chi connectivity index (χ0) is 22.9. The number of carbonyl (C=O) groups is 2. The van der Waals surface area contributed by atoms with Crippen LogP contribution in [0.3, 0.4) is 0 Å². The number of carbonyl (C=O) groups excluding carboxylic acids is 2. The molecule has 166 valence electrons. The Morgan fingerprint density at radius 1 is 0.938 bits per heavy atom. The van der Waals surface area contributed by atoms with Crippen LogP contribution in [-0.2, 0) is 22.7 Å². The zero-order valence-electron chi connectivity index (χ0n) is 18.3. The van der Waals surface area contributed by atoms with Crippen molar-refractivity contribution in [1.82, 2.24) is 10.2 Å². The van der Waals surface area contributed by atoms with E-state index in [0.29, 0.717) is 12.1 Å². The van der Waals surface area contributed by atoms with Gasteiger partial charge >= 0.3 is 0 Å². The molecule has 0 saturated heterocycles. The maximum Gasteiger partial charge on any atom is 0.247 e. The lowest BCUT2D eigenvalue weighted by Crippen LogP contribution is -2.43. The van der Waals surface area contributed by atoms with E-state index >= 15 is 0 Å². The molecule has 5 nitrogen and oxygen atoms in total. The van der Waals surface area contributed by atoms with E-state index in [1.165, 1.54) is 12.1 Å². The normalized spacial score (nSPS) is 11.5. The van der Waals surface area contributed by atoms with Crippen LogP contribution >= 0.6 is 0 Å². The number of nitrogens with zero attached hydrogens (tertiary/aromatic N) is 1. The average molecular weight is 435 g/mol. The van der Waals surface area contributed by atoms with E-state index in [1.807, 2.05) is 54.6 Å². The summed E-state index contributed by atoms with van der Waals surface area (Å²) in [5, 5.41) is 2.96. The van der Waals surface area contributed by atoms with Gasteiger partial charge in [0.15, 0.2) is 0 Å². The number of nitrogens with one attached hydrogen (secondary N) is 1. The third kappa shape index (κ3) is 5.94. The molecule has 32 heavy (non-hydrogen) atoms. The first-order chi connectivity index (χ1) is 15.5. The number of ether oxygens (including phenoxy) is 1. The number of rotatable bonds is 9. The quantitative estimate of drug-likeness (QED) is 0.534. The Morgan fingerprint density at radius 3 is 2.16 bits per heavy atom. The van der Waals surface area contributed by atoms with Gasteiger partial charge in [0.2, 0.25) is 11.8 Å². The molecule has 0 aliphatic carbocycles. The molecule has 0 radical (unpaired) electrons. The number of hydrogen-bond donors (Lipinski definition) is 1. The first kappa shape index (κ1) is 23.0. The predicted molar refractivity (Wildman–Crippen MR) is 121 cm³/mol. The van der Waals surface area contributed by atoms with Crippen molar-refractivity contribution in [3.05, 3.63) is 101 Å². The molecule has 0 saturated carbocycles. The topological polar surface area (TPSA) is 58.6 Å². The van der Waals surface area contributed by atoms with Gasteiger partial charge in [-0.05, 0) is 41.0 Å². The molecule has 0 fully saturated rings.